The number of halogens is 1. The Labute approximate surface area is 175 Å². The van der Waals surface area contributed by atoms with E-state index >= 15 is 0 Å². The van der Waals surface area contributed by atoms with Crippen molar-refractivity contribution in [1.29, 1.82) is 0 Å². The summed E-state index contributed by atoms with van der Waals surface area (Å²) in [5.74, 6) is 7.56. The van der Waals surface area contributed by atoms with E-state index in [1.165, 1.54) is 12.1 Å². The molecule has 1 aliphatic rings. The van der Waals surface area contributed by atoms with Gasteiger partial charge in [0.25, 0.3) is 0 Å². The molecule has 0 radical (unpaired) electrons. The van der Waals surface area contributed by atoms with E-state index in [4.69, 9.17) is 4.98 Å². The third-order valence-electron chi connectivity index (χ3n) is 5.32. The molecule has 0 aliphatic heterocycles. The number of hydrogen-bond donors (Lipinski definition) is 2. The van der Waals surface area contributed by atoms with Gasteiger partial charge >= 0.3 is 0 Å². The van der Waals surface area contributed by atoms with E-state index in [1.807, 2.05) is 17.7 Å². The van der Waals surface area contributed by atoms with Crippen LogP contribution in [-0.4, -0.2) is 36.8 Å². The minimum absolute atomic E-state index is 0.319. The number of fused-ring (bicyclic) bond motifs is 1. The van der Waals surface area contributed by atoms with Gasteiger partial charge in [-0.25, -0.2) is 19.3 Å². The van der Waals surface area contributed by atoms with Crippen molar-refractivity contribution in [3.63, 3.8) is 0 Å². The van der Waals surface area contributed by atoms with E-state index in [0.717, 1.165) is 19.4 Å². The summed E-state index contributed by atoms with van der Waals surface area (Å²) in [5, 5.41) is 13.9. The molecule has 0 saturated heterocycles. The highest BCUT2D eigenvalue weighted by molar-refractivity contribution is 5.87. The van der Waals surface area contributed by atoms with Crippen LogP contribution in [0.1, 0.15) is 45.4 Å². The largest absolute Gasteiger partial charge is 0.378 e. The van der Waals surface area contributed by atoms with Crippen LogP contribution < -0.4 is 5.32 Å². The van der Waals surface area contributed by atoms with Crippen molar-refractivity contribution < 1.29 is 9.50 Å². The molecule has 1 aliphatic carbocycles. The Bertz CT molecular complexity index is 1140. The zero-order valence-electron chi connectivity index (χ0n) is 17.5. The van der Waals surface area contributed by atoms with Gasteiger partial charge in [0.2, 0.25) is 5.82 Å². The van der Waals surface area contributed by atoms with E-state index < -0.39 is 5.60 Å². The van der Waals surface area contributed by atoms with Gasteiger partial charge in [-0.15, -0.1) is 0 Å². The highest BCUT2D eigenvalue weighted by atomic mass is 19.1. The average molecular weight is 407 g/mol. The molecule has 4 rings (SSSR count). The molecule has 1 saturated carbocycles. The van der Waals surface area contributed by atoms with Gasteiger partial charge in [0.15, 0.2) is 17.0 Å². The Morgan fingerprint density at radius 2 is 2.00 bits per heavy atom. The topological polar surface area (TPSA) is 75.9 Å². The van der Waals surface area contributed by atoms with Crippen molar-refractivity contribution in [2.75, 3.05) is 11.9 Å². The second-order valence-electron chi connectivity index (χ2n) is 8.34. The fourth-order valence-electron chi connectivity index (χ4n) is 3.68. The average Bonchev–Trinajstić information content (AvgIpc) is 3.29. The maximum atomic E-state index is 13.8. The first kappa shape index (κ1) is 20.3. The normalized spacial score (nSPS) is 15.4. The third-order valence-corrected chi connectivity index (χ3v) is 5.32. The Morgan fingerprint density at radius 3 is 2.70 bits per heavy atom. The fraction of sp³-hybridized carbons (Fsp3) is 0.435. The Kier molecular flexibility index (Phi) is 5.44. The maximum Gasteiger partial charge on any atom is 0.209 e. The lowest BCUT2D eigenvalue weighted by atomic mass is 10.0. The highest BCUT2D eigenvalue weighted by Gasteiger charge is 2.28. The predicted molar refractivity (Wildman–Crippen MR) is 115 cm³/mol. The van der Waals surface area contributed by atoms with Gasteiger partial charge in [0.1, 0.15) is 17.2 Å². The molecule has 7 heteroatoms. The molecule has 2 N–H and O–H groups in total. The Morgan fingerprint density at radius 1 is 1.23 bits per heavy atom. The number of aromatic nitrogens is 4. The van der Waals surface area contributed by atoms with Crippen LogP contribution >= 0.6 is 0 Å². The van der Waals surface area contributed by atoms with Gasteiger partial charge in [0.05, 0.1) is 0 Å². The monoisotopic (exact) mass is 407 g/mol. The van der Waals surface area contributed by atoms with E-state index in [2.05, 4.69) is 41.0 Å². The summed E-state index contributed by atoms with van der Waals surface area (Å²) in [6.07, 6.45) is 3.31. The second-order valence-corrected chi connectivity index (χ2v) is 8.34. The van der Waals surface area contributed by atoms with Crippen LogP contribution in [0.25, 0.3) is 22.6 Å². The third kappa shape index (κ3) is 4.14. The van der Waals surface area contributed by atoms with E-state index in [9.17, 15) is 9.50 Å². The smallest absolute Gasteiger partial charge is 0.209 e. The summed E-state index contributed by atoms with van der Waals surface area (Å²) in [6, 6.07) is 6.33. The number of imidazole rings is 1. The van der Waals surface area contributed by atoms with Crippen LogP contribution in [0.4, 0.5) is 10.2 Å². The molecular formula is C23H26FN5O. The minimum Gasteiger partial charge on any atom is -0.378 e. The highest BCUT2D eigenvalue weighted by Crippen LogP contribution is 2.29. The van der Waals surface area contributed by atoms with E-state index in [1.54, 1.807) is 6.07 Å². The molecule has 0 amide bonds. The molecule has 2 aromatic heterocycles. The van der Waals surface area contributed by atoms with Gasteiger partial charge in [-0.3, -0.25) is 0 Å². The summed E-state index contributed by atoms with van der Waals surface area (Å²) in [4.78, 5) is 13.9. The van der Waals surface area contributed by atoms with Crippen molar-refractivity contribution in [2.45, 2.75) is 45.1 Å². The molecule has 6 nitrogen and oxygen atoms in total. The lowest BCUT2D eigenvalue weighted by Crippen LogP contribution is -2.21. The van der Waals surface area contributed by atoms with Gasteiger partial charge in [0, 0.05) is 19.2 Å². The number of aryl methyl sites for hydroxylation is 1. The molecule has 0 atom stereocenters. The molecule has 0 spiro atoms. The first-order valence-corrected chi connectivity index (χ1v) is 10.3. The number of nitrogens with zero attached hydrogens (tertiary/aromatic N) is 4. The van der Waals surface area contributed by atoms with Crippen molar-refractivity contribution in [3.05, 3.63) is 35.9 Å². The summed E-state index contributed by atoms with van der Waals surface area (Å²) < 4.78 is 15.6. The van der Waals surface area contributed by atoms with Gasteiger partial charge in [-0.05, 0) is 49.7 Å². The van der Waals surface area contributed by atoms with Crippen molar-refractivity contribution >= 4 is 17.0 Å². The Hall–Kier alpha value is -2.98. The van der Waals surface area contributed by atoms with Crippen LogP contribution in [-0.2, 0) is 7.05 Å². The lowest BCUT2D eigenvalue weighted by molar-refractivity contribution is 0.110. The lowest BCUT2D eigenvalue weighted by Gasteiger charge is -2.12. The van der Waals surface area contributed by atoms with Crippen LogP contribution in [0.2, 0.25) is 0 Å². The van der Waals surface area contributed by atoms with Gasteiger partial charge in [-0.2, -0.15) is 0 Å². The molecule has 0 unspecified atom stereocenters. The van der Waals surface area contributed by atoms with Crippen LogP contribution in [0.15, 0.2) is 24.3 Å². The second kappa shape index (κ2) is 8.04. The minimum atomic E-state index is -0.955. The maximum absolute atomic E-state index is 13.8. The van der Waals surface area contributed by atoms with Crippen LogP contribution in [0.3, 0.4) is 0 Å². The molecule has 1 fully saturated rings. The van der Waals surface area contributed by atoms with Crippen molar-refractivity contribution in [1.82, 2.24) is 19.5 Å². The number of hydrogen-bond acceptors (Lipinski definition) is 5. The zero-order valence-corrected chi connectivity index (χ0v) is 17.5. The summed E-state index contributed by atoms with van der Waals surface area (Å²) in [5.41, 5.74) is 0.933. The van der Waals surface area contributed by atoms with Gasteiger partial charge < -0.3 is 15.0 Å². The summed E-state index contributed by atoms with van der Waals surface area (Å²) >= 11 is 0. The first-order valence-electron chi connectivity index (χ1n) is 10.3. The predicted octanol–water partition coefficient (Wildman–Crippen LogP) is 3.89. The number of aliphatic hydroxyl groups is 1. The molecular weight excluding hydrogens is 381 g/mol. The molecule has 156 valence electrons. The number of anilines is 1. The van der Waals surface area contributed by atoms with Crippen molar-refractivity contribution in [3.8, 4) is 23.2 Å². The number of rotatable bonds is 4. The standard InChI is InChI=1S/C23H26FN5O/c1-15(2)14-25-20-19-22(27-18(26-20)9-12-23(30)10-4-5-11-23)29(3)21(28-19)16-7-6-8-17(24)13-16/h6-8,13,15,30H,4-5,10-11,14H2,1-3H3,(H,25,26,27). The first-order chi connectivity index (χ1) is 14.3. The molecule has 1 aromatic carbocycles. The van der Waals surface area contributed by atoms with E-state index in [-0.39, 0.29) is 5.82 Å². The summed E-state index contributed by atoms with van der Waals surface area (Å²) in [6.45, 7) is 4.94. The molecule has 3 aromatic rings. The summed E-state index contributed by atoms with van der Waals surface area (Å²) in [7, 11) is 1.84. The van der Waals surface area contributed by atoms with Crippen LogP contribution in [0, 0.1) is 23.6 Å². The fourth-order valence-corrected chi connectivity index (χ4v) is 3.68. The number of nitrogens with one attached hydrogen (secondary N) is 1. The van der Waals surface area contributed by atoms with E-state index in [0.29, 0.717) is 53.0 Å². The zero-order chi connectivity index (χ0) is 21.3. The number of benzene rings is 1. The molecule has 30 heavy (non-hydrogen) atoms. The molecule has 2 heterocycles. The molecule has 0 bridgehead atoms. The van der Waals surface area contributed by atoms with Crippen LogP contribution in [0.5, 0.6) is 0 Å². The van der Waals surface area contributed by atoms with Gasteiger partial charge in [-0.1, -0.05) is 31.9 Å². The quantitative estimate of drug-likeness (QED) is 0.642. The Balaban J connectivity index is 1.82. The van der Waals surface area contributed by atoms with Crippen molar-refractivity contribution in [2.24, 2.45) is 13.0 Å². The SMILES string of the molecule is CC(C)CNc1nc(C#CC2(O)CCCC2)nc2c1nc(-c1cccc(F)c1)n2C.